The highest BCUT2D eigenvalue weighted by atomic mass is 31.2. The monoisotopic (exact) mass is 848 g/mol. The summed E-state index contributed by atoms with van der Waals surface area (Å²) < 4.78 is 26.8. The molecule has 3 unspecified atom stereocenters. The first-order valence-corrected chi connectivity index (χ1v) is 23.6. The molecule has 0 aromatic carbocycles. The highest BCUT2D eigenvalue weighted by Gasteiger charge is 2.28. The van der Waals surface area contributed by atoms with Gasteiger partial charge < -0.3 is 25.2 Å². The van der Waals surface area contributed by atoms with Crippen molar-refractivity contribution in [2.45, 2.75) is 174 Å². The van der Waals surface area contributed by atoms with Crippen LogP contribution in [0.3, 0.4) is 0 Å². The molecule has 59 heavy (non-hydrogen) atoms. The van der Waals surface area contributed by atoms with Crippen molar-refractivity contribution in [1.82, 2.24) is 5.32 Å². The Labute approximate surface area is 356 Å². The van der Waals surface area contributed by atoms with Crippen LogP contribution in [0.2, 0.25) is 0 Å². The van der Waals surface area contributed by atoms with Crippen LogP contribution in [-0.2, 0) is 32.7 Å². The molecule has 4 N–H and O–H groups in total. The Morgan fingerprint density at radius 2 is 0.983 bits per heavy atom. The summed E-state index contributed by atoms with van der Waals surface area (Å²) in [5, 5.41) is 21.8. The number of phosphoric ester groups is 1. The Bertz CT molecular complexity index is 1320. The van der Waals surface area contributed by atoms with Crippen LogP contribution in [0.5, 0.6) is 0 Å². The number of carbonyl (C=O) groups is 3. The van der Waals surface area contributed by atoms with Crippen LogP contribution in [-0.4, -0.2) is 64.9 Å². The Hall–Kier alpha value is -3.34. The molecule has 0 fully saturated rings. The molecule has 0 aromatic rings. The number of hydrogen-bond acceptors (Lipinski definition) is 8. The average molecular weight is 848 g/mol. The van der Waals surface area contributed by atoms with E-state index in [2.05, 4.69) is 104 Å². The summed E-state index contributed by atoms with van der Waals surface area (Å²) in [7, 11) is -4.77. The summed E-state index contributed by atoms with van der Waals surface area (Å²) in [5.74, 6) is -2.42. The molecule has 12 heteroatoms. The molecule has 0 heterocycles. The zero-order chi connectivity index (χ0) is 43.5. The van der Waals surface area contributed by atoms with Gasteiger partial charge in [-0.2, -0.15) is 0 Å². The van der Waals surface area contributed by atoms with E-state index in [-0.39, 0.29) is 12.8 Å². The van der Waals surface area contributed by atoms with Crippen LogP contribution in [0.4, 0.5) is 0 Å². The van der Waals surface area contributed by atoms with Crippen molar-refractivity contribution in [3.05, 3.63) is 85.1 Å². The normalized spacial score (nSPS) is 14.5. The van der Waals surface area contributed by atoms with Crippen molar-refractivity contribution in [2.75, 3.05) is 19.8 Å². The SMILES string of the molecule is CC/C=C\C/C=C\C/C=C\C/C=C\C/C=C\CCCCCCCC(=O)OCC(O)COP(=O)(O)OCC(NC(=O)CCCCCCC/C=C\C/C=C\CCCC)C(=O)O. The van der Waals surface area contributed by atoms with Crippen molar-refractivity contribution < 1.29 is 47.8 Å². The zero-order valence-corrected chi connectivity index (χ0v) is 37.2. The predicted octanol–water partition coefficient (Wildman–Crippen LogP) is 11.5. The molecule has 0 rings (SSSR count). The minimum absolute atomic E-state index is 0.124. The van der Waals surface area contributed by atoms with Crippen molar-refractivity contribution in [1.29, 1.82) is 0 Å². The molecule has 1 amide bonds. The molecule has 11 nitrogen and oxygen atoms in total. The molecule has 0 aromatic heterocycles. The highest BCUT2D eigenvalue weighted by Crippen LogP contribution is 2.43. The fraction of sp³-hybridized carbons (Fsp3) is 0.638. The molecule has 0 aliphatic rings. The largest absolute Gasteiger partial charge is 0.480 e. The van der Waals surface area contributed by atoms with Gasteiger partial charge in [-0.1, -0.05) is 150 Å². The van der Waals surface area contributed by atoms with E-state index in [0.29, 0.717) is 12.8 Å². The third kappa shape index (κ3) is 41.2. The second-order valence-corrected chi connectivity index (χ2v) is 16.0. The molecule has 0 aliphatic heterocycles. The summed E-state index contributed by atoms with van der Waals surface area (Å²) in [4.78, 5) is 45.9. The maximum absolute atomic E-state index is 12.3. The minimum Gasteiger partial charge on any atom is -0.480 e. The number of carboxylic acids is 1. The van der Waals surface area contributed by atoms with Gasteiger partial charge in [0.2, 0.25) is 5.91 Å². The maximum Gasteiger partial charge on any atom is 0.472 e. The van der Waals surface area contributed by atoms with Crippen molar-refractivity contribution in [3.63, 3.8) is 0 Å². The van der Waals surface area contributed by atoms with Gasteiger partial charge in [-0.25, -0.2) is 9.36 Å². The number of aliphatic carboxylic acids is 1. The molecule has 0 bridgehead atoms. The van der Waals surface area contributed by atoms with E-state index < -0.39 is 57.6 Å². The third-order valence-corrected chi connectivity index (χ3v) is 9.87. The van der Waals surface area contributed by atoms with Gasteiger partial charge in [0.25, 0.3) is 0 Å². The summed E-state index contributed by atoms with van der Waals surface area (Å²) >= 11 is 0. The first kappa shape index (κ1) is 55.7. The standard InChI is InChI=1S/C47H78NO10P/c1-3-5-7-9-11-13-15-17-19-20-21-22-23-24-25-27-29-31-33-35-37-39-46(51)56-40-43(49)41-57-59(54,55)58-42-44(47(52)53)48-45(50)38-36-34-32-30-28-26-18-16-14-12-10-8-6-4-2/h5,7,10-13,16-19,21-22,24-25,43-44,49H,3-4,6,8-9,14-15,20,23,26-42H2,1-2H3,(H,48,50)(H,52,53)(H,54,55)/b7-5-,12-10-,13-11-,18-16-,19-17-,22-21-,25-24-. The Morgan fingerprint density at radius 3 is 1.47 bits per heavy atom. The Morgan fingerprint density at radius 1 is 0.559 bits per heavy atom. The lowest BCUT2D eigenvalue weighted by Gasteiger charge is -2.18. The van der Waals surface area contributed by atoms with E-state index in [1.165, 1.54) is 12.8 Å². The summed E-state index contributed by atoms with van der Waals surface area (Å²) in [5.41, 5.74) is 0. The molecule has 0 radical (unpaired) electrons. The van der Waals surface area contributed by atoms with Gasteiger partial charge in [0.15, 0.2) is 6.04 Å². The minimum atomic E-state index is -4.77. The van der Waals surface area contributed by atoms with Crippen molar-refractivity contribution >= 4 is 25.7 Å². The van der Waals surface area contributed by atoms with Gasteiger partial charge in [-0.05, 0) is 83.5 Å². The zero-order valence-electron chi connectivity index (χ0n) is 36.3. The first-order chi connectivity index (χ1) is 28.6. The topological polar surface area (TPSA) is 169 Å². The van der Waals surface area contributed by atoms with Gasteiger partial charge >= 0.3 is 19.8 Å². The van der Waals surface area contributed by atoms with Gasteiger partial charge in [0.05, 0.1) is 13.2 Å². The third-order valence-electron chi connectivity index (χ3n) is 8.92. The summed E-state index contributed by atoms with van der Waals surface area (Å²) in [6.07, 6.45) is 50.3. The Kier molecular flexibility index (Phi) is 39.1. The van der Waals surface area contributed by atoms with E-state index in [1.54, 1.807) is 0 Å². The van der Waals surface area contributed by atoms with E-state index in [0.717, 1.165) is 109 Å². The number of carbonyl (C=O) groups excluding carboxylic acids is 2. The van der Waals surface area contributed by atoms with Crippen molar-refractivity contribution in [2.24, 2.45) is 0 Å². The number of phosphoric acid groups is 1. The number of unbranched alkanes of at least 4 members (excludes halogenated alkanes) is 12. The first-order valence-electron chi connectivity index (χ1n) is 22.1. The van der Waals surface area contributed by atoms with Crippen LogP contribution in [0.25, 0.3) is 0 Å². The number of amides is 1. The van der Waals surface area contributed by atoms with Gasteiger partial charge in [-0.15, -0.1) is 0 Å². The van der Waals surface area contributed by atoms with Crippen LogP contribution in [0.1, 0.15) is 162 Å². The van der Waals surface area contributed by atoms with Crippen LogP contribution in [0.15, 0.2) is 85.1 Å². The smallest absolute Gasteiger partial charge is 0.472 e. The molecule has 3 atom stereocenters. The van der Waals surface area contributed by atoms with E-state index in [4.69, 9.17) is 13.8 Å². The van der Waals surface area contributed by atoms with Crippen LogP contribution in [0, 0.1) is 0 Å². The second kappa shape index (κ2) is 41.4. The molecule has 0 aliphatic carbocycles. The fourth-order valence-corrected chi connectivity index (χ4v) is 6.25. The number of allylic oxidation sites excluding steroid dienone is 14. The average Bonchev–Trinajstić information content (AvgIpc) is 3.21. The van der Waals surface area contributed by atoms with Gasteiger partial charge in [0, 0.05) is 12.8 Å². The number of ether oxygens (including phenoxy) is 1. The van der Waals surface area contributed by atoms with Crippen molar-refractivity contribution in [3.8, 4) is 0 Å². The van der Waals surface area contributed by atoms with E-state index in [1.807, 2.05) is 0 Å². The molecule has 0 spiro atoms. The molecule has 336 valence electrons. The number of nitrogens with one attached hydrogen (secondary N) is 1. The number of carboxylic acid groups (broad SMARTS) is 1. The maximum atomic E-state index is 12.3. The number of hydrogen-bond donors (Lipinski definition) is 4. The summed E-state index contributed by atoms with van der Waals surface area (Å²) in [6, 6.07) is -1.56. The molecule has 0 saturated carbocycles. The van der Waals surface area contributed by atoms with Gasteiger partial charge in [-0.3, -0.25) is 18.6 Å². The van der Waals surface area contributed by atoms with Crippen LogP contribution < -0.4 is 5.32 Å². The van der Waals surface area contributed by atoms with Gasteiger partial charge in [0.1, 0.15) is 12.7 Å². The lowest BCUT2D eigenvalue weighted by molar-refractivity contribution is -0.147. The molecule has 0 saturated heterocycles. The van der Waals surface area contributed by atoms with E-state index in [9.17, 15) is 34.1 Å². The summed E-state index contributed by atoms with van der Waals surface area (Å²) in [6.45, 7) is 2.39. The highest BCUT2D eigenvalue weighted by molar-refractivity contribution is 7.47. The lowest BCUT2D eigenvalue weighted by Crippen LogP contribution is -2.43. The Balaban J connectivity index is 3.95. The van der Waals surface area contributed by atoms with E-state index >= 15 is 0 Å². The number of esters is 1. The second-order valence-electron chi connectivity index (χ2n) is 14.5. The lowest BCUT2D eigenvalue weighted by atomic mass is 10.1. The number of aliphatic hydroxyl groups is 1. The number of rotatable bonds is 40. The fourth-order valence-electron chi connectivity index (χ4n) is 5.47. The molecular formula is C47H78NO10P. The molecular weight excluding hydrogens is 769 g/mol. The predicted molar refractivity (Wildman–Crippen MR) is 240 cm³/mol. The number of aliphatic hydroxyl groups excluding tert-OH is 1. The van der Waals surface area contributed by atoms with Crippen LogP contribution >= 0.6 is 7.82 Å². The quantitative estimate of drug-likeness (QED) is 0.0201.